The van der Waals surface area contributed by atoms with E-state index in [9.17, 15) is 9.18 Å². The van der Waals surface area contributed by atoms with Crippen LogP contribution in [0.3, 0.4) is 0 Å². The molecule has 1 amide bonds. The van der Waals surface area contributed by atoms with Gasteiger partial charge in [-0.25, -0.2) is 4.39 Å². The minimum atomic E-state index is -0.477. The first kappa shape index (κ1) is 23.5. The second-order valence-corrected chi connectivity index (χ2v) is 8.73. The summed E-state index contributed by atoms with van der Waals surface area (Å²) in [7, 11) is 1.86. The molecular weight excluding hydrogens is 417 g/mol. The Labute approximate surface area is 189 Å². The van der Waals surface area contributed by atoms with E-state index in [1.165, 1.54) is 6.07 Å². The number of pyridine rings is 1. The van der Waals surface area contributed by atoms with E-state index in [4.69, 9.17) is 9.72 Å². The molecule has 1 aromatic carbocycles. The number of carbonyl (C=O) groups is 1. The highest BCUT2D eigenvalue weighted by Gasteiger charge is 2.50. The molecule has 2 aliphatic rings. The molecule has 2 aliphatic heterocycles. The van der Waals surface area contributed by atoms with E-state index < -0.39 is 5.54 Å². The number of aromatic nitrogens is 1. The summed E-state index contributed by atoms with van der Waals surface area (Å²) in [6.07, 6.45) is 2.47. The molecule has 0 unspecified atom stereocenters. The number of halogens is 2. The van der Waals surface area contributed by atoms with E-state index in [0.29, 0.717) is 17.9 Å². The predicted octanol–water partition coefficient (Wildman–Crippen LogP) is 4.86. The van der Waals surface area contributed by atoms with Gasteiger partial charge in [-0.15, -0.1) is 12.4 Å². The number of carbonyl (C=O) groups excluding carboxylic acids is 1. The topological polar surface area (TPSA) is 54.5 Å². The monoisotopic (exact) mass is 447 g/mol. The lowest BCUT2D eigenvalue weighted by Gasteiger charge is -2.24. The summed E-state index contributed by atoms with van der Waals surface area (Å²) >= 11 is 0. The number of benzene rings is 1. The van der Waals surface area contributed by atoms with Gasteiger partial charge in [0.1, 0.15) is 17.1 Å². The van der Waals surface area contributed by atoms with Gasteiger partial charge in [0.05, 0.1) is 18.3 Å². The lowest BCUT2D eigenvalue weighted by Crippen LogP contribution is -2.47. The van der Waals surface area contributed by atoms with Crippen LogP contribution >= 0.6 is 12.4 Å². The van der Waals surface area contributed by atoms with Gasteiger partial charge in [-0.2, -0.15) is 0 Å². The summed E-state index contributed by atoms with van der Waals surface area (Å²) in [6, 6.07) is 8.75. The molecule has 2 fully saturated rings. The summed E-state index contributed by atoms with van der Waals surface area (Å²) in [5.41, 5.74) is 2.61. The fourth-order valence-corrected chi connectivity index (χ4v) is 4.57. The zero-order chi connectivity index (χ0) is 21.5. The van der Waals surface area contributed by atoms with Crippen molar-refractivity contribution < 1.29 is 13.9 Å². The highest BCUT2D eigenvalue weighted by Crippen LogP contribution is 2.40. The molecule has 2 atom stereocenters. The number of nitrogens with one attached hydrogen (secondary N) is 1. The van der Waals surface area contributed by atoms with Crippen LogP contribution in [0, 0.1) is 5.82 Å². The Kier molecular flexibility index (Phi) is 6.92. The molecule has 1 aromatic heterocycles. The van der Waals surface area contributed by atoms with E-state index in [1.807, 2.05) is 26.1 Å². The number of nitrogens with zero attached hydrogens (tertiary/aromatic N) is 2. The minimum absolute atomic E-state index is 0. The molecule has 2 saturated heterocycles. The lowest BCUT2D eigenvalue weighted by atomic mass is 9.96. The van der Waals surface area contributed by atoms with Crippen molar-refractivity contribution in [2.24, 2.45) is 0 Å². The quantitative estimate of drug-likeness (QED) is 0.711. The number of ether oxygens (including phenoxy) is 1. The van der Waals surface area contributed by atoms with Gasteiger partial charge < -0.3 is 9.64 Å². The van der Waals surface area contributed by atoms with Crippen LogP contribution in [-0.4, -0.2) is 41.5 Å². The van der Waals surface area contributed by atoms with Crippen LogP contribution in [0.4, 0.5) is 4.39 Å². The van der Waals surface area contributed by atoms with Crippen molar-refractivity contribution in [1.82, 2.24) is 15.2 Å². The van der Waals surface area contributed by atoms with Crippen molar-refractivity contribution in [2.45, 2.75) is 57.5 Å². The van der Waals surface area contributed by atoms with Crippen LogP contribution < -0.4 is 10.1 Å². The number of likely N-dealkylation sites (N-methyl/N-ethyl adjacent to an activating group) is 1. The second kappa shape index (κ2) is 9.13. The first-order chi connectivity index (χ1) is 14.3. The van der Waals surface area contributed by atoms with Crippen LogP contribution in [-0.2, 0) is 4.79 Å². The molecule has 0 bridgehead atoms. The molecule has 3 heterocycles. The van der Waals surface area contributed by atoms with E-state index in [-0.39, 0.29) is 36.1 Å². The first-order valence-corrected chi connectivity index (χ1v) is 10.8. The Bertz CT molecular complexity index is 968. The predicted molar refractivity (Wildman–Crippen MR) is 122 cm³/mol. The van der Waals surface area contributed by atoms with E-state index in [0.717, 1.165) is 42.8 Å². The second-order valence-electron chi connectivity index (χ2n) is 8.73. The Morgan fingerprint density at radius 1 is 1.29 bits per heavy atom. The van der Waals surface area contributed by atoms with Gasteiger partial charge in [0, 0.05) is 24.8 Å². The Balaban J connectivity index is 0.00000272. The Hall–Kier alpha value is -2.18. The fourth-order valence-electron chi connectivity index (χ4n) is 4.57. The largest absolute Gasteiger partial charge is 0.494 e. The number of likely N-dealkylation sites (tertiary alicyclic amines) is 1. The standard InChI is InChI=1S/C24H30FN3O2.ClH/c1-5-30-17-6-7-19(25)18(14-17)16-12-21(15(2)3)26-22(13-16)20-8-9-24(27-20)10-11-28(4)23(24)29;/h6-7,12-15,20,27H,5,8-11H2,1-4H3;1H/t20-,24-;/m1./s1. The maximum Gasteiger partial charge on any atom is 0.242 e. The number of amides is 1. The highest BCUT2D eigenvalue weighted by molar-refractivity contribution is 5.88. The third kappa shape index (κ3) is 4.41. The SMILES string of the molecule is CCOc1ccc(F)c(-c2cc(C(C)C)nc([C@H]3CC[C@]4(CCN(C)C4=O)N3)c2)c1.Cl. The summed E-state index contributed by atoms with van der Waals surface area (Å²) in [4.78, 5) is 19.4. The molecule has 2 aromatic rings. The first-order valence-electron chi connectivity index (χ1n) is 10.8. The summed E-state index contributed by atoms with van der Waals surface area (Å²) in [5, 5.41) is 3.58. The zero-order valence-corrected chi connectivity index (χ0v) is 19.4. The molecule has 4 rings (SSSR count). The van der Waals surface area contributed by atoms with E-state index in [1.54, 1.807) is 17.0 Å². The van der Waals surface area contributed by atoms with Crippen LogP contribution in [0.25, 0.3) is 11.1 Å². The molecule has 0 saturated carbocycles. The highest BCUT2D eigenvalue weighted by atomic mass is 35.5. The van der Waals surface area contributed by atoms with E-state index in [2.05, 4.69) is 19.2 Å². The van der Waals surface area contributed by atoms with Crippen molar-refractivity contribution in [2.75, 3.05) is 20.2 Å². The van der Waals surface area contributed by atoms with Crippen LogP contribution in [0.1, 0.15) is 63.4 Å². The average Bonchev–Trinajstić information content (AvgIpc) is 3.29. The number of hydrogen-bond donors (Lipinski definition) is 1. The minimum Gasteiger partial charge on any atom is -0.494 e. The Morgan fingerprint density at radius 2 is 2.06 bits per heavy atom. The third-order valence-electron chi connectivity index (χ3n) is 6.31. The van der Waals surface area contributed by atoms with Crippen molar-refractivity contribution in [3.05, 3.63) is 47.5 Å². The molecule has 168 valence electrons. The van der Waals surface area contributed by atoms with Gasteiger partial charge in [0.2, 0.25) is 5.91 Å². The number of hydrogen-bond acceptors (Lipinski definition) is 4. The molecule has 7 heteroatoms. The van der Waals surface area contributed by atoms with Gasteiger partial charge in [-0.05, 0) is 68.0 Å². The van der Waals surface area contributed by atoms with Gasteiger partial charge in [0.15, 0.2) is 0 Å². The van der Waals surface area contributed by atoms with E-state index >= 15 is 0 Å². The van der Waals surface area contributed by atoms with Crippen molar-refractivity contribution in [3.63, 3.8) is 0 Å². The molecule has 31 heavy (non-hydrogen) atoms. The summed E-state index contributed by atoms with van der Waals surface area (Å²) in [6.45, 7) is 7.39. The van der Waals surface area contributed by atoms with Crippen LogP contribution in [0.15, 0.2) is 30.3 Å². The molecule has 1 spiro atoms. The maximum absolute atomic E-state index is 14.7. The normalized spacial score (nSPS) is 23.0. The molecule has 1 N–H and O–H groups in total. The van der Waals surface area contributed by atoms with Crippen LogP contribution in [0.2, 0.25) is 0 Å². The van der Waals surface area contributed by atoms with Crippen molar-refractivity contribution in [3.8, 4) is 16.9 Å². The molecule has 0 aliphatic carbocycles. The van der Waals surface area contributed by atoms with Gasteiger partial charge in [-0.1, -0.05) is 13.8 Å². The van der Waals surface area contributed by atoms with Crippen LogP contribution in [0.5, 0.6) is 5.75 Å². The van der Waals surface area contributed by atoms with Gasteiger partial charge in [0.25, 0.3) is 0 Å². The fraction of sp³-hybridized carbons (Fsp3) is 0.500. The third-order valence-corrected chi connectivity index (χ3v) is 6.31. The lowest BCUT2D eigenvalue weighted by molar-refractivity contribution is -0.131. The van der Waals surface area contributed by atoms with Gasteiger partial charge >= 0.3 is 0 Å². The van der Waals surface area contributed by atoms with Crippen molar-refractivity contribution >= 4 is 18.3 Å². The Morgan fingerprint density at radius 3 is 2.71 bits per heavy atom. The summed E-state index contributed by atoms with van der Waals surface area (Å²) in [5.74, 6) is 0.738. The smallest absolute Gasteiger partial charge is 0.242 e. The van der Waals surface area contributed by atoms with Gasteiger partial charge in [-0.3, -0.25) is 15.1 Å². The molecule has 5 nitrogen and oxygen atoms in total. The molecular formula is C24H31ClFN3O2. The summed E-state index contributed by atoms with van der Waals surface area (Å²) < 4.78 is 20.3. The maximum atomic E-state index is 14.7. The average molecular weight is 448 g/mol. The zero-order valence-electron chi connectivity index (χ0n) is 18.6. The van der Waals surface area contributed by atoms with Crippen molar-refractivity contribution in [1.29, 1.82) is 0 Å². The molecule has 0 radical (unpaired) electrons. The number of rotatable bonds is 5.